The van der Waals surface area contributed by atoms with E-state index in [2.05, 4.69) is 27.4 Å². The van der Waals surface area contributed by atoms with Crippen molar-refractivity contribution in [2.75, 3.05) is 5.32 Å². The molecule has 5 rings (SSSR count). The van der Waals surface area contributed by atoms with E-state index in [0.717, 1.165) is 22.8 Å². The van der Waals surface area contributed by atoms with Crippen LogP contribution in [0.2, 0.25) is 0 Å². The number of nitrogens with one attached hydrogen (secondary N) is 1. The van der Waals surface area contributed by atoms with Gasteiger partial charge in [0.05, 0.1) is 12.2 Å². The van der Waals surface area contributed by atoms with Crippen molar-refractivity contribution in [3.8, 4) is 0 Å². The highest BCUT2D eigenvalue weighted by molar-refractivity contribution is 5.83. The van der Waals surface area contributed by atoms with Gasteiger partial charge in [0.15, 0.2) is 17.0 Å². The van der Waals surface area contributed by atoms with E-state index < -0.39 is 6.10 Å². The second kappa shape index (κ2) is 5.25. The summed E-state index contributed by atoms with van der Waals surface area (Å²) in [4.78, 5) is 13.5. The molecule has 7 heteroatoms. The summed E-state index contributed by atoms with van der Waals surface area (Å²) >= 11 is 0. The Bertz CT molecular complexity index is 893. The second-order valence-corrected chi connectivity index (χ2v) is 6.27. The van der Waals surface area contributed by atoms with Crippen molar-refractivity contribution in [1.82, 2.24) is 19.5 Å². The lowest BCUT2D eigenvalue weighted by molar-refractivity contribution is -0.0363. The van der Waals surface area contributed by atoms with E-state index in [1.54, 1.807) is 6.33 Å². The van der Waals surface area contributed by atoms with Crippen LogP contribution in [0.15, 0.2) is 36.7 Å². The summed E-state index contributed by atoms with van der Waals surface area (Å²) in [6, 6.07) is 10.2. The van der Waals surface area contributed by atoms with Crippen LogP contribution in [-0.4, -0.2) is 36.8 Å². The molecule has 2 bridgehead atoms. The summed E-state index contributed by atoms with van der Waals surface area (Å²) in [5.41, 5.74) is 2.70. The van der Waals surface area contributed by atoms with E-state index in [-0.39, 0.29) is 12.3 Å². The van der Waals surface area contributed by atoms with Crippen molar-refractivity contribution in [3.63, 3.8) is 0 Å². The lowest BCUT2D eigenvalue weighted by Gasteiger charge is -2.22. The molecule has 0 radical (unpaired) electrons. The molecule has 122 valence electrons. The molecule has 2 N–H and O–H groups in total. The maximum atomic E-state index is 10.0. The second-order valence-electron chi connectivity index (χ2n) is 6.27. The number of aliphatic hydroxyl groups is 1. The molecule has 1 saturated heterocycles. The highest BCUT2D eigenvalue weighted by Gasteiger charge is 2.42. The number of rotatable bonds is 3. The number of aromatic nitrogens is 4. The molecule has 3 aromatic rings. The van der Waals surface area contributed by atoms with Gasteiger partial charge in [-0.15, -0.1) is 0 Å². The van der Waals surface area contributed by atoms with E-state index >= 15 is 0 Å². The third-order valence-electron chi connectivity index (χ3n) is 4.73. The van der Waals surface area contributed by atoms with E-state index in [1.165, 1.54) is 5.56 Å². The molecule has 1 aromatic carbocycles. The molecule has 2 aliphatic heterocycles. The molecule has 0 saturated carbocycles. The van der Waals surface area contributed by atoms with Gasteiger partial charge in [-0.25, -0.2) is 15.0 Å². The summed E-state index contributed by atoms with van der Waals surface area (Å²) in [6.07, 6.45) is 1.96. The first-order valence-electron chi connectivity index (χ1n) is 8.13. The largest absolute Gasteiger partial charge is 0.390 e. The Kier molecular flexibility index (Phi) is 3.04. The number of ether oxygens (including phenoxy) is 1. The Morgan fingerprint density at radius 1 is 1.25 bits per heavy atom. The molecule has 2 aromatic heterocycles. The number of fused-ring (bicyclic) bond motifs is 6. The van der Waals surface area contributed by atoms with Crippen molar-refractivity contribution >= 4 is 17.0 Å². The molecule has 1 fully saturated rings. The zero-order valence-corrected chi connectivity index (χ0v) is 13.0. The van der Waals surface area contributed by atoms with Crippen LogP contribution in [0, 0.1) is 0 Å². The molecular formula is C17H17N5O2. The van der Waals surface area contributed by atoms with Crippen LogP contribution in [0.25, 0.3) is 11.2 Å². The van der Waals surface area contributed by atoms with Crippen LogP contribution in [-0.2, 0) is 17.7 Å². The summed E-state index contributed by atoms with van der Waals surface area (Å²) in [5.74, 6) is 1.63. The Morgan fingerprint density at radius 2 is 2.12 bits per heavy atom. The highest BCUT2D eigenvalue weighted by atomic mass is 16.5. The van der Waals surface area contributed by atoms with E-state index in [0.29, 0.717) is 19.4 Å². The van der Waals surface area contributed by atoms with Crippen LogP contribution in [0.5, 0.6) is 0 Å². The van der Waals surface area contributed by atoms with Gasteiger partial charge < -0.3 is 15.2 Å². The molecular weight excluding hydrogens is 306 g/mol. The minimum atomic E-state index is -0.427. The number of hydrogen-bond donors (Lipinski definition) is 2. The van der Waals surface area contributed by atoms with Gasteiger partial charge in [-0.05, 0) is 5.56 Å². The van der Waals surface area contributed by atoms with E-state index in [9.17, 15) is 5.11 Å². The predicted molar refractivity (Wildman–Crippen MR) is 87.3 cm³/mol. The quantitative estimate of drug-likeness (QED) is 0.762. The monoisotopic (exact) mass is 323 g/mol. The molecule has 4 heterocycles. The smallest absolute Gasteiger partial charge is 0.167 e. The predicted octanol–water partition coefficient (Wildman–Crippen LogP) is 1.64. The van der Waals surface area contributed by atoms with Crippen LogP contribution in [0.3, 0.4) is 0 Å². The molecule has 0 amide bonds. The van der Waals surface area contributed by atoms with Gasteiger partial charge in [0.1, 0.15) is 18.4 Å². The molecule has 0 spiro atoms. The third-order valence-corrected chi connectivity index (χ3v) is 4.73. The Morgan fingerprint density at radius 3 is 3.00 bits per heavy atom. The molecule has 3 atom stereocenters. The van der Waals surface area contributed by atoms with Crippen molar-refractivity contribution in [1.29, 1.82) is 0 Å². The van der Waals surface area contributed by atoms with Gasteiger partial charge in [0.25, 0.3) is 0 Å². The molecule has 24 heavy (non-hydrogen) atoms. The van der Waals surface area contributed by atoms with Crippen LogP contribution >= 0.6 is 0 Å². The molecule has 0 unspecified atom stereocenters. The topological polar surface area (TPSA) is 85.1 Å². The Balaban J connectivity index is 1.51. The van der Waals surface area contributed by atoms with Crippen molar-refractivity contribution < 1.29 is 9.84 Å². The first-order chi connectivity index (χ1) is 11.8. The molecule has 7 nitrogen and oxygen atoms in total. The number of imidazole rings is 1. The average molecular weight is 323 g/mol. The number of hydrogen-bond acceptors (Lipinski definition) is 6. The zero-order chi connectivity index (χ0) is 16.1. The normalized spacial score (nSPS) is 25.0. The van der Waals surface area contributed by atoms with Gasteiger partial charge in [0.2, 0.25) is 0 Å². The average Bonchev–Trinajstić information content (AvgIpc) is 3.13. The minimum absolute atomic E-state index is 0.159. The summed E-state index contributed by atoms with van der Waals surface area (Å²) in [6.45, 7) is 0.677. The lowest BCUT2D eigenvalue weighted by atomic mass is 10.1. The van der Waals surface area contributed by atoms with Gasteiger partial charge in [-0.2, -0.15) is 0 Å². The number of anilines is 1. The zero-order valence-electron chi connectivity index (χ0n) is 13.0. The fraction of sp³-hybridized carbons (Fsp3) is 0.353. The van der Waals surface area contributed by atoms with E-state index in [4.69, 9.17) is 9.72 Å². The highest BCUT2D eigenvalue weighted by Crippen LogP contribution is 2.38. The van der Waals surface area contributed by atoms with Gasteiger partial charge in [0, 0.05) is 19.4 Å². The van der Waals surface area contributed by atoms with E-state index in [1.807, 2.05) is 22.8 Å². The molecule has 2 aliphatic rings. The summed E-state index contributed by atoms with van der Waals surface area (Å²) < 4.78 is 7.86. The van der Waals surface area contributed by atoms with Gasteiger partial charge in [-0.1, -0.05) is 30.3 Å². The van der Waals surface area contributed by atoms with Crippen molar-refractivity contribution in [3.05, 3.63) is 48.0 Å². The Hall–Kier alpha value is -2.51. The van der Waals surface area contributed by atoms with Gasteiger partial charge >= 0.3 is 0 Å². The number of aliphatic hydroxyl groups excluding tert-OH is 1. The van der Waals surface area contributed by atoms with Crippen LogP contribution in [0.4, 0.5) is 5.82 Å². The lowest BCUT2D eigenvalue weighted by Crippen LogP contribution is -2.27. The fourth-order valence-electron chi connectivity index (χ4n) is 3.55. The standard InChI is InChI=1S/C17H17N5O2/c23-11-6-14-22-13(7-12(11)24-14)21-15-16(19-9-20-17(15)22)18-8-10-4-2-1-3-5-10/h1-5,9,11-12,14,23H,6-8H2,(H,18,19,20)/t11-,12+,14+/m0/s1. The third kappa shape index (κ3) is 2.09. The van der Waals surface area contributed by atoms with Crippen LogP contribution < -0.4 is 5.32 Å². The number of benzene rings is 1. The Labute approximate surface area is 138 Å². The first kappa shape index (κ1) is 13.9. The fourth-order valence-corrected chi connectivity index (χ4v) is 3.55. The number of nitrogens with zero attached hydrogens (tertiary/aromatic N) is 4. The summed E-state index contributed by atoms with van der Waals surface area (Å²) in [7, 11) is 0. The van der Waals surface area contributed by atoms with Crippen molar-refractivity contribution in [2.45, 2.75) is 37.8 Å². The van der Waals surface area contributed by atoms with Crippen molar-refractivity contribution in [2.24, 2.45) is 0 Å². The maximum Gasteiger partial charge on any atom is 0.167 e. The minimum Gasteiger partial charge on any atom is -0.390 e. The molecule has 0 aliphatic carbocycles. The maximum absolute atomic E-state index is 10.0. The summed E-state index contributed by atoms with van der Waals surface area (Å²) in [5, 5.41) is 13.4. The van der Waals surface area contributed by atoms with Crippen LogP contribution in [0.1, 0.15) is 24.0 Å². The van der Waals surface area contributed by atoms with Gasteiger partial charge in [-0.3, -0.25) is 4.57 Å². The SMILES string of the molecule is O[C@H]1C[C@H]2O[C@@H]1Cc1nc3c(NCc4ccccc4)ncnc3n12. The first-order valence-corrected chi connectivity index (χ1v) is 8.13.